The van der Waals surface area contributed by atoms with Crippen LogP contribution in [0.4, 0.5) is 14.5 Å². The molecule has 1 heterocycles. The number of nitrogens with zero attached hydrogens (tertiary/aromatic N) is 1. The van der Waals surface area contributed by atoms with Crippen LogP contribution in [0.2, 0.25) is 0 Å². The summed E-state index contributed by atoms with van der Waals surface area (Å²) in [4.78, 5) is 14.9. The maximum Gasteiger partial charge on any atom is 0.276 e. The summed E-state index contributed by atoms with van der Waals surface area (Å²) < 4.78 is 57.3. The quantitative estimate of drug-likeness (QED) is 0.448. The number of halogens is 2. The zero-order valence-corrected chi connectivity index (χ0v) is 17.1. The number of amides is 1. The topological polar surface area (TPSA) is 101 Å². The van der Waals surface area contributed by atoms with E-state index in [0.29, 0.717) is 11.0 Å². The average molecular weight is 455 g/mol. The summed E-state index contributed by atoms with van der Waals surface area (Å²) in [6.07, 6.45) is 0. The van der Waals surface area contributed by atoms with Crippen molar-refractivity contribution in [1.82, 2.24) is 4.83 Å². The number of hydrogen-bond donors (Lipinski definition) is 2. The van der Waals surface area contributed by atoms with E-state index >= 15 is 0 Å². The van der Waals surface area contributed by atoms with Crippen LogP contribution in [0.3, 0.4) is 0 Å². The lowest BCUT2D eigenvalue weighted by Crippen LogP contribution is -2.27. The van der Waals surface area contributed by atoms with Gasteiger partial charge < -0.3 is 9.73 Å². The molecule has 4 rings (SSSR count). The van der Waals surface area contributed by atoms with Gasteiger partial charge in [-0.2, -0.15) is 13.2 Å². The lowest BCUT2D eigenvalue weighted by molar-refractivity contribution is 0.102. The monoisotopic (exact) mass is 455 g/mol. The first kappa shape index (κ1) is 21.2. The Morgan fingerprint density at radius 3 is 2.34 bits per heavy atom. The van der Waals surface area contributed by atoms with E-state index in [1.165, 1.54) is 24.3 Å². The van der Waals surface area contributed by atoms with Gasteiger partial charge in [0.15, 0.2) is 11.6 Å². The van der Waals surface area contributed by atoms with E-state index in [2.05, 4.69) is 10.4 Å². The van der Waals surface area contributed by atoms with Gasteiger partial charge in [-0.1, -0.05) is 36.4 Å². The first-order valence-electron chi connectivity index (χ1n) is 9.23. The van der Waals surface area contributed by atoms with Crippen LogP contribution in [-0.4, -0.2) is 14.3 Å². The minimum Gasteiger partial charge on any atom is -0.436 e. The summed E-state index contributed by atoms with van der Waals surface area (Å²) in [5.41, 5.74) is -0.0834. The highest BCUT2D eigenvalue weighted by Gasteiger charge is 2.16. The minimum absolute atomic E-state index is 0.00197. The van der Waals surface area contributed by atoms with Crippen molar-refractivity contribution >= 4 is 32.6 Å². The van der Waals surface area contributed by atoms with Crippen molar-refractivity contribution in [2.45, 2.75) is 4.90 Å². The number of nitrogens with one attached hydrogen (secondary N) is 2. The van der Waals surface area contributed by atoms with Gasteiger partial charge >= 0.3 is 0 Å². The average Bonchev–Trinajstić information content (AvgIpc) is 2.80. The highest BCUT2D eigenvalue weighted by atomic mass is 32.2. The fourth-order valence-electron chi connectivity index (χ4n) is 2.84. The number of carbonyl (C=O) groups excluding carboxylic acids is 1. The second-order valence-corrected chi connectivity index (χ2v) is 8.27. The Balaban J connectivity index is 1.75. The van der Waals surface area contributed by atoms with E-state index < -0.39 is 27.6 Å². The molecule has 4 aromatic rings. The molecule has 0 bridgehead atoms. The van der Waals surface area contributed by atoms with Gasteiger partial charge in [-0.15, -0.1) is 5.10 Å². The van der Waals surface area contributed by atoms with E-state index in [9.17, 15) is 22.0 Å². The molecule has 1 amide bonds. The predicted octanol–water partition coefficient (Wildman–Crippen LogP) is 3.76. The number of rotatable bonds is 5. The predicted molar refractivity (Wildman–Crippen MR) is 113 cm³/mol. The third-order valence-corrected chi connectivity index (χ3v) is 5.62. The molecular formula is C22H15F2N3O4S. The Labute approximate surface area is 181 Å². The molecule has 0 fully saturated rings. The number of carbonyl (C=O) groups is 1. The molecule has 0 radical (unpaired) electrons. The summed E-state index contributed by atoms with van der Waals surface area (Å²) in [6.45, 7) is 0. The number of benzene rings is 3. The smallest absolute Gasteiger partial charge is 0.276 e. The van der Waals surface area contributed by atoms with Gasteiger partial charge in [-0.05, 0) is 36.4 Å². The number of hydrogen-bond acceptors (Lipinski definition) is 5. The summed E-state index contributed by atoms with van der Waals surface area (Å²) in [5.74, 6) is -2.95. The molecule has 0 saturated carbocycles. The molecule has 0 saturated heterocycles. The summed E-state index contributed by atoms with van der Waals surface area (Å²) in [7, 11) is -4.02. The molecule has 1 aromatic heterocycles. The number of sulfonamides is 1. The van der Waals surface area contributed by atoms with Crippen molar-refractivity contribution < 1.29 is 26.4 Å². The largest absolute Gasteiger partial charge is 0.436 e. The highest BCUT2D eigenvalue weighted by molar-refractivity contribution is 7.89. The first-order valence-corrected chi connectivity index (χ1v) is 10.7. The standard InChI is InChI=1S/C22H15F2N3O4S/c23-18-11-10-15(13-19(18)24)25-21(28)17-12-14-6-4-5-9-20(14)31-22(17)26-27-32(29,30)16-7-2-1-3-8-16/h1-13,27H,(H,25,28). The Kier molecular flexibility index (Phi) is 5.69. The molecule has 0 aliphatic rings. The van der Waals surface area contributed by atoms with Crippen molar-refractivity contribution in [1.29, 1.82) is 0 Å². The van der Waals surface area contributed by atoms with E-state index in [1.807, 2.05) is 4.83 Å². The summed E-state index contributed by atoms with van der Waals surface area (Å²) >= 11 is 0. The van der Waals surface area contributed by atoms with E-state index in [4.69, 9.17) is 4.42 Å². The van der Waals surface area contributed by atoms with E-state index in [1.54, 1.807) is 42.5 Å². The molecule has 2 N–H and O–H groups in total. The minimum atomic E-state index is -4.02. The molecular weight excluding hydrogens is 440 g/mol. The van der Waals surface area contributed by atoms with Gasteiger partial charge in [-0.3, -0.25) is 4.79 Å². The van der Waals surface area contributed by atoms with Gasteiger partial charge in [0.25, 0.3) is 15.9 Å². The zero-order valence-electron chi connectivity index (χ0n) is 16.2. The van der Waals surface area contributed by atoms with Crippen molar-refractivity contribution in [2.75, 3.05) is 5.32 Å². The first-order chi connectivity index (χ1) is 15.3. The molecule has 0 unspecified atom stereocenters. The Hall–Kier alpha value is -4.05. The van der Waals surface area contributed by atoms with Gasteiger partial charge in [0, 0.05) is 17.1 Å². The van der Waals surface area contributed by atoms with Crippen LogP contribution in [0.1, 0.15) is 10.4 Å². The molecule has 0 atom stereocenters. The van der Waals surface area contributed by atoms with Crippen molar-refractivity contribution in [3.8, 4) is 0 Å². The fourth-order valence-corrected chi connectivity index (χ4v) is 3.66. The maximum absolute atomic E-state index is 13.5. The molecule has 32 heavy (non-hydrogen) atoms. The molecule has 0 aliphatic heterocycles. The normalized spacial score (nSPS) is 12.0. The highest BCUT2D eigenvalue weighted by Crippen LogP contribution is 2.16. The lowest BCUT2D eigenvalue weighted by Gasteiger charge is -2.08. The van der Waals surface area contributed by atoms with Crippen LogP contribution in [-0.2, 0) is 10.0 Å². The Morgan fingerprint density at radius 2 is 1.59 bits per heavy atom. The van der Waals surface area contributed by atoms with Crippen LogP contribution >= 0.6 is 0 Å². The van der Waals surface area contributed by atoms with Gasteiger partial charge in [0.05, 0.1) is 4.90 Å². The summed E-state index contributed by atoms with van der Waals surface area (Å²) in [6, 6.07) is 18.6. The second-order valence-electron chi connectivity index (χ2n) is 6.61. The molecule has 10 heteroatoms. The van der Waals surface area contributed by atoms with Gasteiger partial charge in [0.1, 0.15) is 11.1 Å². The fraction of sp³-hybridized carbons (Fsp3) is 0. The van der Waals surface area contributed by atoms with Crippen molar-refractivity contribution in [2.24, 2.45) is 5.10 Å². The van der Waals surface area contributed by atoms with Crippen molar-refractivity contribution in [3.63, 3.8) is 0 Å². The van der Waals surface area contributed by atoms with Crippen LogP contribution in [0, 0.1) is 11.6 Å². The number of para-hydroxylation sites is 1. The van der Waals surface area contributed by atoms with Crippen LogP contribution in [0.25, 0.3) is 11.0 Å². The molecule has 7 nitrogen and oxygen atoms in total. The molecule has 0 aliphatic carbocycles. The third kappa shape index (κ3) is 4.49. The maximum atomic E-state index is 13.5. The SMILES string of the molecule is O=C(Nc1ccc(F)c(F)c1)c1cc2ccccc2oc1=NNS(=O)(=O)c1ccccc1. The third-order valence-electron chi connectivity index (χ3n) is 4.40. The van der Waals surface area contributed by atoms with Crippen LogP contribution in [0.15, 0.2) is 93.3 Å². The van der Waals surface area contributed by atoms with Crippen LogP contribution < -0.4 is 15.7 Å². The number of anilines is 1. The van der Waals surface area contributed by atoms with Crippen molar-refractivity contribution in [3.05, 3.63) is 102 Å². The van der Waals surface area contributed by atoms with E-state index in [-0.39, 0.29) is 21.7 Å². The van der Waals surface area contributed by atoms with Gasteiger partial charge in [0.2, 0.25) is 5.55 Å². The molecule has 0 spiro atoms. The zero-order chi connectivity index (χ0) is 22.7. The van der Waals surface area contributed by atoms with Crippen LogP contribution in [0.5, 0.6) is 0 Å². The Bertz CT molecular complexity index is 1490. The van der Waals surface area contributed by atoms with Gasteiger partial charge in [-0.25, -0.2) is 8.78 Å². The molecule has 162 valence electrons. The van der Waals surface area contributed by atoms with E-state index in [0.717, 1.165) is 12.1 Å². The lowest BCUT2D eigenvalue weighted by atomic mass is 10.1. The molecule has 3 aromatic carbocycles. The Morgan fingerprint density at radius 1 is 0.875 bits per heavy atom. The number of fused-ring (bicyclic) bond motifs is 1. The summed E-state index contributed by atoms with van der Waals surface area (Å²) in [5, 5.41) is 6.77. The second kappa shape index (κ2) is 8.60.